The average molecular weight is 290 g/mol. The number of aromatic nitrogens is 2. The molecule has 0 aliphatic rings. The number of carboxylic acids is 1. The molecule has 2 N–H and O–H groups in total. The molecule has 16 heavy (non-hydrogen) atoms. The number of carboxylic acid groups (broad SMARTS) is 1. The highest BCUT2D eigenvalue weighted by Gasteiger charge is 2.34. The molecule has 1 amide bonds. The Labute approximate surface area is 101 Å². The van der Waals surface area contributed by atoms with E-state index in [9.17, 15) is 9.59 Å². The van der Waals surface area contributed by atoms with Crippen molar-refractivity contribution in [2.24, 2.45) is 0 Å². The molecule has 1 unspecified atom stereocenters. The zero-order valence-electron chi connectivity index (χ0n) is 8.90. The molecule has 0 saturated carbocycles. The second-order valence-electron chi connectivity index (χ2n) is 3.67. The number of nitrogens with one attached hydrogen (secondary N) is 1. The number of hydrogen-bond acceptors (Lipinski definition) is 3. The highest BCUT2D eigenvalue weighted by atomic mass is 79.9. The summed E-state index contributed by atoms with van der Waals surface area (Å²) in [5.74, 6) is -1.49. The van der Waals surface area contributed by atoms with Crippen LogP contribution in [0.25, 0.3) is 0 Å². The van der Waals surface area contributed by atoms with Gasteiger partial charge in [0.15, 0.2) is 5.54 Å². The van der Waals surface area contributed by atoms with E-state index in [0.717, 1.165) is 4.47 Å². The summed E-state index contributed by atoms with van der Waals surface area (Å²) in [5.41, 5.74) is -1.36. The largest absolute Gasteiger partial charge is 0.479 e. The molecule has 7 heteroatoms. The molecule has 1 aromatic rings. The molecule has 0 fully saturated rings. The molecular formula is C9H12BrN3O3. The van der Waals surface area contributed by atoms with E-state index < -0.39 is 17.4 Å². The molecule has 0 bridgehead atoms. The standard InChI is InChI=1S/C9H12BrN3O3/c1-6(14)12-9(2,8(15)16)5-13-4-7(10)3-11-13/h3-4H,5H2,1-2H3,(H,12,14)(H,15,16). The van der Waals surface area contributed by atoms with Crippen LogP contribution in [-0.2, 0) is 16.1 Å². The van der Waals surface area contributed by atoms with Gasteiger partial charge >= 0.3 is 5.97 Å². The Morgan fingerprint density at radius 1 is 1.69 bits per heavy atom. The fraction of sp³-hybridized carbons (Fsp3) is 0.444. The summed E-state index contributed by atoms with van der Waals surface area (Å²) in [6.07, 6.45) is 3.19. The van der Waals surface area contributed by atoms with Gasteiger partial charge in [-0.25, -0.2) is 4.79 Å². The SMILES string of the molecule is CC(=O)NC(C)(Cn1cc(Br)cn1)C(=O)O. The molecule has 0 aliphatic carbocycles. The Kier molecular flexibility index (Phi) is 3.69. The molecule has 0 saturated heterocycles. The van der Waals surface area contributed by atoms with Crippen LogP contribution in [0.15, 0.2) is 16.9 Å². The minimum Gasteiger partial charge on any atom is -0.479 e. The first-order valence-corrected chi connectivity index (χ1v) is 5.33. The van der Waals surface area contributed by atoms with E-state index in [4.69, 9.17) is 5.11 Å². The van der Waals surface area contributed by atoms with Crippen molar-refractivity contribution < 1.29 is 14.7 Å². The topological polar surface area (TPSA) is 84.2 Å². The van der Waals surface area contributed by atoms with Crippen LogP contribution in [0.1, 0.15) is 13.8 Å². The molecule has 1 aromatic heterocycles. The quantitative estimate of drug-likeness (QED) is 0.851. The van der Waals surface area contributed by atoms with Crippen molar-refractivity contribution in [1.82, 2.24) is 15.1 Å². The van der Waals surface area contributed by atoms with Gasteiger partial charge in [0.1, 0.15) is 0 Å². The van der Waals surface area contributed by atoms with Crippen molar-refractivity contribution >= 4 is 27.8 Å². The lowest BCUT2D eigenvalue weighted by atomic mass is 10.0. The minimum atomic E-state index is -1.36. The molecule has 1 atom stereocenters. The predicted octanol–water partition coefficient (Wildman–Crippen LogP) is 0.625. The van der Waals surface area contributed by atoms with E-state index in [2.05, 4.69) is 26.3 Å². The molecule has 1 heterocycles. The zero-order valence-corrected chi connectivity index (χ0v) is 10.5. The summed E-state index contributed by atoms with van der Waals surface area (Å²) in [4.78, 5) is 22.0. The first-order valence-electron chi connectivity index (χ1n) is 4.53. The third-order valence-corrected chi connectivity index (χ3v) is 2.41. The number of aliphatic carboxylic acids is 1. The first-order chi connectivity index (χ1) is 7.33. The Morgan fingerprint density at radius 3 is 2.69 bits per heavy atom. The molecular weight excluding hydrogens is 278 g/mol. The van der Waals surface area contributed by atoms with Gasteiger partial charge in [-0.15, -0.1) is 0 Å². The second-order valence-corrected chi connectivity index (χ2v) is 4.59. The number of halogens is 1. The number of nitrogens with zero attached hydrogens (tertiary/aromatic N) is 2. The molecule has 0 radical (unpaired) electrons. The smallest absolute Gasteiger partial charge is 0.331 e. The maximum Gasteiger partial charge on any atom is 0.331 e. The van der Waals surface area contributed by atoms with Gasteiger partial charge < -0.3 is 10.4 Å². The van der Waals surface area contributed by atoms with Gasteiger partial charge in [-0.3, -0.25) is 9.48 Å². The lowest BCUT2D eigenvalue weighted by Gasteiger charge is -2.25. The Bertz CT molecular complexity index is 418. The molecule has 0 aliphatic heterocycles. The summed E-state index contributed by atoms with van der Waals surface area (Å²) in [5, 5.41) is 15.4. The summed E-state index contributed by atoms with van der Waals surface area (Å²) in [6.45, 7) is 2.78. The van der Waals surface area contributed by atoms with Gasteiger partial charge in [-0.2, -0.15) is 5.10 Å². The van der Waals surface area contributed by atoms with Gasteiger partial charge in [0.25, 0.3) is 0 Å². The third kappa shape index (κ3) is 3.06. The molecule has 88 valence electrons. The molecule has 1 rings (SSSR count). The van der Waals surface area contributed by atoms with E-state index in [1.165, 1.54) is 18.5 Å². The Hall–Kier alpha value is -1.37. The van der Waals surface area contributed by atoms with Crippen LogP contribution in [0, 0.1) is 0 Å². The highest BCUT2D eigenvalue weighted by molar-refractivity contribution is 9.10. The van der Waals surface area contributed by atoms with Crippen molar-refractivity contribution in [1.29, 1.82) is 0 Å². The van der Waals surface area contributed by atoms with E-state index in [1.54, 1.807) is 12.4 Å². The first kappa shape index (κ1) is 12.7. The van der Waals surface area contributed by atoms with Crippen molar-refractivity contribution in [3.63, 3.8) is 0 Å². The average Bonchev–Trinajstić information content (AvgIpc) is 2.49. The van der Waals surface area contributed by atoms with Crippen LogP contribution in [0.5, 0.6) is 0 Å². The highest BCUT2D eigenvalue weighted by Crippen LogP contribution is 2.11. The number of amides is 1. The van der Waals surface area contributed by atoms with Crippen LogP contribution in [0.2, 0.25) is 0 Å². The molecule has 0 aromatic carbocycles. The van der Waals surface area contributed by atoms with Gasteiger partial charge in [0, 0.05) is 13.1 Å². The van der Waals surface area contributed by atoms with E-state index in [0.29, 0.717) is 0 Å². The van der Waals surface area contributed by atoms with Crippen LogP contribution in [-0.4, -0.2) is 32.3 Å². The maximum absolute atomic E-state index is 11.1. The molecule has 0 spiro atoms. The van der Waals surface area contributed by atoms with Crippen LogP contribution < -0.4 is 5.32 Å². The van der Waals surface area contributed by atoms with Crippen molar-refractivity contribution in [2.75, 3.05) is 0 Å². The summed E-state index contributed by atoms with van der Waals surface area (Å²) < 4.78 is 2.21. The lowest BCUT2D eigenvalue weighted by Crippen LogP contribution is -2.54. The number of carbonyl (C=O) groups excluding carboxylic acids is 1. The van der Waals surface area contributed by atoms with Gasteiger partial charge in [-0.1, -0.05) is 0 Å². The summed E-state index contributed by atoms with van der Waals surface area (Å²) >= 11 is 3.21. The monoisotopic (exact) mass is 289 g/mol. The van der Waals surface area contributed by atoms with Crippen molar-refractivity contribution in [2.45, 2.75) is 25.9 Å². The second kappa shape index (κ2) is 4.65. The Balaban J connectivity index is 2.86. The van der Waals surface area contributed by atoms with E-state index in [-0.39, 0.29) is 6.54 Å². The number of carbonyl (C=O) groups is 2. The van der Waals surface area contributed by atoms with Gasteiger partial charge in [-0.05, 0) is 22.9 Å². The van der Waals surface area contributed by atoms with Crippen molar-refractivity contribution in [3.8, 4) is 0 Å². The zero-order chi connectivity index (χ0) is 12.3. The normalized spacial score (nSPS) is 14.2. The fourth-order valence-corrected chi connectivity index (χ4v) is 1.63. The molecule has 6 nitrogen and oxygen atoms in total. The van der Waals surface area contributed by atoms with E-state index in [1.807, 2.05) is 0 Å². The van der Waals surface area contributed by atoms with Crippen LogP contribution in [0.3, 0.4) is 0 Å². The summed E-state index contributed by atoms with van der Waals surface area (Å²) in [6, 6.07) is 0. The van der Waals surface area contributed by atoms with Gasteiger partial charge in [0.2, 0.25) is 5.91 Å². The van der Waals surface area contributed by atoms with Gasteiger partial charge in [0.05, 0.1) is 17.2 Å². The summed E-state index contributed by atoms with van der Waals surface area (Å²) in [7, 11) is 0. The van der Waals surface area contributed by atoms with Crippen LogP contribution in [0.4, 0.5) is 0 Å². The third-order valence-electron chi connectivity index (χ3n) is 2.00. The van der Waals surface area contributed by atoms with E-state index >= 15 is 0 Å². The number of hydrogen-bond donors (Lipinski definition) is 2. The fourth-order valence-electron chi connectivity index (χ4n) is 1.30. The lowest BCUT2D eigenvalue weighted by molar-refractivity contribution is -0.147. The maximum atomic E-state index is 11.1. The van der Waals surface area contributed by atoms with Crippen molar-refractivity contribution in [3.05, 3.63) is 16.9 Å². The number of rotatable bonds is 4. The predicted molar refractivity (Wildman–Crippen MR) is 59.8 cm³/mol. The van der Waals surface area contributed by atoms with Crippen LogP contribution >= 0.6 is 15.9 Å². The Morgan fingerprint density at radius 2 is 2.31 bits per heavy atom. The minimum absolute atomic E-state index is 0.0630.